The Labute approximate surface area is 77.0 Å². The van der Waals surface area contributed by atoms with Gasteiger partial charge in [0.15, 0.2) is 5.88 Å². The van der Waals surface area contributed by atoms with Crippen LogP contribution < -0.4 is 5.73 Å². The van der Waals surface area contributed by atoms with Gasteiger partial charge in [0, 0.05) is 5.56 Å². The van der Waals surface area contributed by atoms with E-state index in [1.807, 2.05) is 18.2 Å². The van der Waals surface area contributed by atoms with E-state index in [-0.39, 0.29) is 0 Å². The van der Waals surface area contributed by atoms with Gasteiger partial charge >= 0.3 is 0 Å². The zero-order valence-corrected chi connectivity index (χ0v) is 7.45. The van der Waals surface area contributed by atoms with Crippen LogP contribution in [-0.4, -0.2) is 0 Å². The van der Waals surface area contributed by atoms with E-state index in [0.717, 1.165) is 11.1 Å². The highest BCUT2D eigenvalue weighted by Gasteiger charge is 2.04. The van der Waals surface area contributed by atoms with E-state index in [0.29, 0.717) is 5.88 Å². The Balaban J connectivity index is 2.53. The van der Waals surface area contributed by atoms with Crippen LogP contribution >= 0.6 is 0 Å². The zero-order chi connectivity index (χ0) is 9.26. The van der Waals surface area contributed by atoms with Crippen LogP contribution in [0.4, 0.5) is 5.88 Å². The van der Waals surface area contributed by atoms with Gasteiger partial charge < -0.3 is 10.2 Å². The Morgan fingerprint density at radius 3 is 2.69 bits per heavy atom. The van der Waals surface area contributed by atoms with Gasteiger partial charge in [-0.05, 0) is 18.6 Å². The van der Waals surface area contributed by atoms with Crippen molar-refractivity contribution >= 4 is 5.88 Å². The first-order valence-corrected chi connectivity index (χ1v) is 4.17. The number of furan rings is 1. The summed E-state index contributed by atoms with van der Waals surface area (Å²) in [5, 5.41) is 0. The van der Waals surface area contributed by atoms with Crippen molar-refractivity contribution in [3.63, 3.8) is 0 Å². The number of nitrogen functional groups attached to an aromatic ring is 1. The highest BCUT2D eigenvalue weighted by Crippen LogP contribution is 2.26. The molecule has 0 radical (unpaired) electrons. The number of nitrogens with two attached hydrogens (primary N) is 1. The lowest BCUT2D eigenvalue weighted by Crippen LogP contribution is -1.84. The molecule has 0 spiro atoms. The number of hydrogen-bond donors (Lipinski definition) is 1. The van der Waals surface area contributed by atoms with E-state index < -0.39 is 0 Å². The molecular weight excluding hydrogens is 162 g/mol. The molecule has 1 aromatic heterocycles. The molecule has 1 aromatic carbocycles. The van der Waals surface area contributed by atoms with Gasteiger partial charge in [-0.3, -0.25) is 0 Å². The molecule has 0 atom stereocenters. The fraction of sp³-hybridized carbons (Fsp3) is 0.0909. The summed E-state index contributed by atoms with van der Waals surface area (Å²) in [7, 11) is 0. The minimum absolute atomic E-state index is 0.477. The van der Waals surface area contributed by atoms with Crippen LogP contribution in [-0.2, 0) is 0 Å². The van der Waals surface area contributed by atoms with E-state index >= 15 is 0 Å². The Morgan fingerprint density at radius 2 is 2.08 bits per heavy atom. The zero-order valence-electron chi connectivity index (χ0n) is 7.45. The molecule has 0 fully saturated rings. The van der Waals surface area contributed by atoms with Crippen LogP contribution in [0.15, 0.2) is 41.0 Å². The fourth-order valence-electron chi connectivity index (χ4n) is 1.37. The third-order valence-corrected chi connectivity index (χ3v) is 2.02. The molecule has 66 valence electrons. The summed E-state index contributed by atoms with van der Waals surface area (Å²) in [5.74, 6) is 0.477. The van der Waals surface area contributed by atoms with Crippen molar-refractivity contribution in [1.29, 1.82) is 0 Å². The Hall–Kier alpha value is -1.70. The largest absolute Gasteiger partial charge is 0.449 e. The third kappa shape index (κ3) is 1.43. The average Bonchev–Trinajstić information content (AvgIpc) is 2.51. The van der Waals surface area contributed by atoms with Gasteiger partial charge in [-0.1, -0.05) is 29.8 Å². The second-order valence-corrected chi connectivity index (χ2v) is 3.07. The van der Waals surface area contributed by atoms with Crippen LogP contribution in [0.5, 0.6) is 0 Å². The first kappa shape index (κ1) is 7.92. The van der Waals surface area contributed by atoms with Crippen molar-refractivity contribution in [3.8, 4) is 11.1 Å². The van der Waals surface area contributed by atoms with Crippen molar-refractivity contribution in [2.24, 2.45) is 0 Å². The molecule has 13 heavy (non-hydrogen) atoms. The fourth-order valence-corrected chi connectivity index (χ4v) is 1.37. The molecule has 2 heteroatoms. The van der Waals surface area contributed by atoms with Gasteiger partial charge in [0.25, 0.3) is 0 Å². The van der Waals surface area contributed by atoms with Crippen molar-refractivity contribution in [3.05, 3.63) is 42.2 Å². The summed E-state index contributed by atoms with van der Waals surface area (Å²) in [4.78, 5) is 0. The van der Waals surface area contributed by atoms with Gasteiger partial charge in [0.2, 0.25) is 0 Å². The predicted octanol–water partition coefficient (Wildman–Crippen LogP) is 2.84. The lowest BCUT2D eigenvalue weighted by atomic mass is 10.1. The first-order chi connectivity index (χ1) is 6.27. The Kier molecular flexibility index (Phi) is 1.81. The van der Waals surface area contributed by atoms with E-state index in [1.165, 1.54) is 5.56 Å². The SMILES string of the molecule is Cc1cccc(-c2ccoc2N)c1. The van der Waals surface area contributed by atoms with Crippen molar-refractivity contribution in [1.82, 2.24) is 0 Å². The molecule has 0 saturated carbocycles. The number of hydrogen-bond acceptors (Lipinski definition) is 2. The summed E-state index contributed by atoms with van der Waals surface area (Å²) in [5.41, 5.74) is 8.94. The molecule has 0 aliphatic carbocycles. The molecule has 2 rings (SSSR count). The predicted molar refractivity (Wildman–Crippen MR) is 53.3 cm³/mol. The van der Waals surface area contributed by atoms with Crippen molar-refractivity contribution in [2.75, 3.05) is 5.73 Å². The Morgan fingerprint density at radius 1 is 1.23 bits per heavy atom. The summed E-state index contributed by atoms with van der Waals surface area (Å²) >= 11 is 0. The molecule has 2 aromatic rings. The average molecular weight is 173 g/mol. The maximum Gasteiger partial charge on any atom is 0.197 e. The number of aryl methyl sites for hydroxylation is 1. The molecule has 0 amide bonds. The lowest BCUT2D eigenvalue weighted by molar-refractivity contribution is 0.588. The third-order valence-electron chi connectivity index (χ3n) is 2.02. The Bertz CT molecular complexity index is 418. The van der Waals surface area contributed by atoms with E-state index in [2.05, 4.69) is 19.1 Å². The number of rotatable bonds is 1. The standard InChI is InChI=1S/C11H11NO/c1-8-3-2-4-9(7-8)10-5-6-13-11(10)12/h2-7H,12H2,1H3. The van der Waals surface area contributed by atoms with Crippen molar-refractivity contribution < 1.29 is 4.42 Å². The highest BCUT2D eigenvalue weighted by atomic mass is 16.3. The van der Waals surface area contributed by atoms with Gasteiger partial charge in [-0.15, -0.1) is 0 Å². The molecule has 2 N–H and O–H groups in total. The van der Waals surface area contributed by atoms with Gasteiger partial charge in [0.05, 0.1) is 6.26 Å². The van der Waals surface area contributed by atoms with E-state index in [1.54, 1.807) is 6.26 Å². The summed E-state index contributed by atoms with van der Waals surface area (Å²) in [6.07, 6.45) is 1.60. The maximum atomic E-state index is 5.66. The van der Waals surface area contributed by atoms with E-state index in [4.69, 9.17) is 10.2 Å². The summed E-state index contributed by atoms with van der Waals surface area (Å²) in [6.45, 7) is 2.06. The smallest absolute Gasteiger partial charge is 0.197 e. The number of anilines is 1. The molecule has 1 heterocycles. The topological polar surface area (TPSA) is 39.2 Å². The van der Waals surface area contributed by atoms with Gasteiger partial charge in [-0.25, -0.2) is 0 Å². The van der Waals surface area contributed by atoms with Crippen LogP contribution in [0, 0.1) is 6.92 Å². The van der Waals surface area contributed by atoms with E-state index in [9.17, 15) is 0 Å². The molecule has 0 bridgehead atoms. The van der Waals surface area contributed by atoms with Crippen LogP contribution in [0.25, 0.3) is 11.1 Å². The van der Waals surface area contributed by atoms with Crippen LogP contribution in [0.1, 0.15) is 5.56 Å². The molecule has 0 aliphatic heterocycles. The first-order valence-electron chi connectivity index (χ1n) is 4.17. The quantitative estimate of drug-likeness (QED) is 0.720. The van der Waals surface area contributed by atoms with Crippen LogP contribution in [0.3, 0.4) is 0 Å². The normalized spacial score (nSPS) is 10.2. The molecule has 0 saturated heterocycles. The number of benzene rings is 1. The van der Waals surface area contributed by atoms with Gasteiger partial charge in [-0.2, -0.15) is 0 Å². The van der Waals surface area contributed by atoms with Crippen molar-refractivity contribution in [2.45, 2.75) is 6.92 Å². The molecular formula is C11H11NO. The summed E-state index contributed by atoms with van der Waals surface area (Å²) < 4.78 is 5.04. The van der Waals surface area contributed by atoms with Gasteiger partial charge in [0.1, 0.15) is 0 Å². The maximum absolute atomic E-state index is 5.66. The second kappa shape index (κ2) is 2.98. The minimum atomic E-state index is 0.477. The highest BCUT2D eigenvalue weighted by molar-refractivity contribution is 5.73. The summed E-state index contributed by atoms with van der Waals surface area (Å²) in [6, 6.07) is 10.1. The molecule has 0 aliphatic rings. The monoisotopic (exact) mass is 173 g/mol. The second-order valence-electron chi connectivity index (χ2n) is 3.07. The molecule has 2 nitrogen and oxygen atoms in total. The minimum Gasteiger partial charge on any atom is -0.449 e. The lowest BCUT2D eigenvalue weighted by Gasteiger charge is -1.99. The molecule has 0 unspecified atom stereocenters. The van der Waals surface area contributed by atoms with Crippen LogP contribution in [0.2, 0.25) is 0 Å².